The number of ketones is 1. The Hall–Kier alpha value is -4.31. The van der Waals surface area contributed by atoms with Crippen molar-refractivity contribution in [3.63, 3.8) is 0 Å². The fourth-order valence-electron chi connectivity index (χ4n) is 5.85. The number of carbonyl (C=O) groups excluding carboxylic acids is 1. The van der Waals surface area contributed by atoms with Crippen molar-refractivity contribution >= 4 is 17.9 Å². The number of fused-ring (bicyclic) bond motifs is 6. The molecule has 4 nitrogen and oxygen atoms in total. The minimum Gasteiger partial charge on any atom is -0.454 e. The molecule has 0 bridgehead atoms. The topological polar surface area (TPSA) is 47.6 Å². The summed E-state index contributed by atoms with van der Waals surface area (Å²) < 4.78 is 11.0. The van der Waals surface area contributed by atoms with Gasteiger partial charge in [0.05, 0.1) is 0 Å². The third-order valence-electron chi connectivity index (χ3n) is 7.60. The third-order valence-corrected chi connectivity index (χ3v) is 7.60. The number of allylic oxidation sites excluding steroid dienone is 5. The van der Waals surface area contributed by atoms with Gasteiger partial charge in [-0.1, -0.05) is 60.7 Å². The molecule has 3 aromatic rings. The number of hydrogen-bond donors (Lipinski definition) is 1. The molecule has 0 aromatic heterocycles. The molecule has 0 saturated heterocycles. The van der Waals surface area contributed by atoms with Gasteiger partial charge in [-0.2, -0.15) is 0 Å². The zero-order chi connectivity index (χ0) is 24.1. The molecule has 0 spiro atoms. The standard InChI is InChI=1S/C32H25NO3/c34-32(21-10-14-30-31(18-21)36-19-35-30)22-16-27-25-11-9-20-6-3-4-7-23(20)24(25)12-13-26(27)28(17-22)29-8-2-1-5-15-33-29/h1-8,10-16,18,22,28,33H,9,17,19H2. The van der Waals surface area contributed by atoms with Crippen molar-refractivity contribution in [1.82, 2.24) is 5.32 Å². The van der Waals surface area contributed by atoms with E-state index in [1.165, 1.54) is 32.7 Å². The van der Waals surface area contributed by atoms with Crippen molar-refractivity contribution in [2.45, 2.75) is 18.8 Å². The average molecular weight is 472 g/mol. The van der Waals surface area contributed by atoms with E-state index in [4.69, 9.17) is 9.47 Å². The van der Waals surface area contributed by atoms with Crippen LogP contribution in [-0.2, 0) is 6.42 Å². The summed E-state index contributed by atoms with van der Waals surface area (Å²) in [6, 6.07) is 18.6. The Bertz CT molecular complexity index is 1630. The normalized spacial score (nSPS) is 20.5. The third kappa shape index (κ3) is 3.41. The number of carbonyl (C=O) groups is 1. The zero-order valence-corrected chi connectivity index (χ0v) is 19.7. The fraction of sp³-hybridized carbons (Fsp3) is 0.156. The Labute approximate surface area is 209 Å². The summed E-state index contributed by atoms with van der Waals surface area (Å²) in [6.07, 6.45) is 16.3. The lowest BCUT2D eigenvalue weighted by atomic mass is 9.75. The summed E-state index contributed by atoms with van der Waals surface area (Å²) in [6.45, 7) is 0.197. The molecular weight excluding hydrogens is 446 g/mol. The maximum absolute atomic E-state index is 13.9. The number of ether oxygens (including phenoxy) is 2. The van der Waals surface area contributed by atoms with E-state index >= 15 is 0 Å². The molecule has 36 heavy (non-hydrogen) atoms. The van der Waals surface area contributed by atoms with Gasteiger partial charge in [-0.25, -0.2) is 0 Å². The highest BCUT2D eigenvalue weighted by Crippen LogP contribution is 2.37. The second-order valence-corrected chi connectivity index (χ2v) is 9.60. The van der Waals surface area contributed by atoms with Crippen molar-refractivity contribution in [2.75, 3.05) is 6.79 Å². The highest BCUT2D eigenvalue weighted by molar-refractivity contribution is 6.02. The maximum Gasteiger partial charge on any atom is 0.231 e. The summed E-state index contributed by atoms with van der Waals surface area (Å²) in [5.74, 6) is 1.27. The second kappa shape index (κ2) is 8.42. The van der Waals surface area contributed by atoms with E-state index < -0.39 is 0 Å². The minimum atomic E-state index is -0.251. The van der Waals surface area contributed by atoms with E-state index in [0.29, 0.717) is 23.5 Å². The van der Waals surface area contributed by atoms with Gasteiger partial charge in [0.15, 0.2) is 17.3 Å². The fourth-order valence-corrected chi connectivity index (χ4v) is 5.85. The van der Waals surface area contributed by atoms with Crippen molar-refractivity contribution < 1.29 is 14.3 Å². The highest BCUT2D eigenvalue weighted by Gasteiger charge is 2.31. The van der Waals surface area contributed by atoms with Crippen LogP contribution in [0.1, 0.15) is 33.8 Å². The van der Waals surface area contributed by atoms with Crippen LogP contribution in [0, 0.1) is 5.92 Å². The van der Waals surface area contributed by atoms with E-state index in [0.717, 1.165) is 12.1 Å². The number of Topliss-reactive ketones (excluding diaryl/α,β-unsaturated/α-hetero) is 1. The molecule has 1 N–H and O–H groups in total. The lowest BCUT2D eigenvalue weighted by Crippen LogP contribution is -2.39. The smallest absolute Gasteiger partial charge is 0.231 e. The largest absolute Gasteiger partial charge is 0.454 e. The number of benzene rings is 3. The van der Waals surface area contributed by atoms with Crippen molar-refractivity contribution in [2.24, 2.45) is 5.92 Å². The molecule has 2 heterocycles. The first-order chi connectivity index (χ1) is 17.8. The van der Waals surface area contributed by atoms with Crippen molar-refractivity contribution in [1.29, 1.82) is 0 Å². The molecule has 2 aliphatic carbocycles. The van der Waals surface area contributed by atoms with Crippen LogP contribution in [0.15, 0.2) is 90.8 Å². The molecule has 4 heteroatoms. The van der Waals surface area contributed by atoms with Crippen LogP contribution in [-0.4, -0.2) is 12.6 Å². The van der Waals surface area contributed by atoms with E-state index in [-0.39, 0.29) is 24.4 Å². The van der Waals surface area contributed by atoms with Gasteiger partial charge in [0.1, 0.15) is 0 Å². The van der Waals surface area contributed by atoms with Gasteiger partial charge in [-0.3, -0.25) is 4.79 Å². The first-order valence-electron chi connectivity index (χ1n) is 12.4. The molecule has 7 rings (SSSR count). The molecule has 4 aliphatic rings. The van der Waals surface area contributed by atoms with Gasteiger partial charge in [-0.15, -0.1) is 0 Å². The second-order valence-electron chi connectivity index (χ2n) is 9.60. The van der Waals surface area contributed by atoms with Gasteiger partial charge >= 0.3 is 0 Å². The summed E-state index contributed by atoms with van der Waals surface area (Å²) in [5, 5.41) is 5.88. The molecule has 0 saturated carbocycles. The number of hydrogen-bond acceptors (Lipinski definition) is 4. The Morgan fingerprint density at radius 1 is 0.889 bits per heavy atom. The van der Waals surface area contributed by atoms with Crippen LogP contribution in [0.25, 0.3) is 23.3 Å². The summed E-state index contributed by atoms with van der Waals surface area (Å²) in [5.41, 5.74) is 6.89. The average Bonchev–Trinajstić information content (AvgIpc) is 3.23. The quantitative estimate of drug-likeness (QED) is 0.561. The predicted molar refractivity (Wildman–Crippen MR) is 141 cm³/mol. The Morgan fingerprint density at radius 2 is 1.81 bits per heavy atom. The zero-order valence-electron chi connectivity index (χ0n) is 19.7. The lowest BCUT2D eigenvalue weighted by molar-refractivity contribution is 0.0943. The van der Waals surface area contributed by atoms with Crippen LogP contribution < -0.4 is 25.2 Å². The van der Waals surface area contributed by atoms with E-state index in [9.17, 15) is 4.79 Å². The summed E-state index contributed by atoms with van der Waals surface area (Å²) in [7, 11) is 0. The van der Waals surface area contributed by atoms with Gasteiger partial charge in [0.25, 0.3) is 0 Å². The molecular formula is C32H25NO3. The first kappa shape index (κ1) is 21.0. The molecule has 3 aromatic carbocycles. The van der Waals surface area contributed by atoms with Crippen LogP contribution in [0.3, 0.4) is 0 Å². The van der Waals surface area contributed by atoms with Crippen LogP contribution in [0.4, 0.5) is 0 Å². The van der Waals surface area contributed by atoms with Gasteiger partial charge in [0.2, 0.25) is 6.79 Å². The van der Waals surface area contributed by atoms with E-state index in [1.807, 2.05) is 36.6 Å². The van der Waals surface area contributed by atoms with Gasteiger partial charge in [0, 0.05) is 29.3 Å². The Kier molecular flexibility index (Phi) is 4.91. The molecule has 0 amide bonds. The monoisotopic (exact) mass is 471 g/mol. The summed E-state index contributed by atoms with van der Waals surface area (Å²) >= 11 is 0. The molecule has 2 atom stereocenters. The Morgan fingerprint density at radius 3 is 2.78 bits per heavy atom. The highest BCUT2D eigenvalue weighted by atomic mass is 16.7. The van der Waals surface area contributed by atoms with Crippen LogP contribution >= 0.6 is 0 Å². The predicted octanol–water partition coefficient (Wildman–Crippen LogP) is 4.74. The summed E-state index contributed by atoms with van der Waals surface area (Å²) in [4.78, 5) is 13.9. The molecule has 176 valence electrons. The first-order valence-corrected chi connectivity index (χ1v) is 12.4. The van der Waals surface area contributed by atoms with Crippen molar-refractivity contribution in [3.8, 4) is 22.6 Å². The lowest BCUT2D eigenvalue weighted by Gasteiger charge is -2.30. The Balaban J connectivity index is 1.39. The molecule has 0 radical (unpaired) electrons. The maximum atomic E-state index is 13.9. The van der Waals surface area contributed by atoms with Gasteiger partial charge < -0.3 is 14.8 Å². The van der Waals surface area contributed by atoms with Crippen molar-refractivity contribution in [3.05, 3.63) is 118 Å². The van der Waals surface area contributed by atoms with Crippen LogP contribution in [0.2, 0.25) is 0 Å². The van der Waals surface area contributed by atoms with Crippen LogP contribution in [0.5, 0.6) is 11.5 Å². The van der Waals surface area contributed by atoms with E-state index in [2.05, 4.69) is 66.0 Å². The minimum absolute atomic E-state index is 0.0798. The SMILES string of the molecule is O=C(c1ccc2c(c1)OCO2)C1C=c2c(ccc3c2=CCc2ccccc2-3)C(C2=CC=CC=CN2)C1. The number of rotatable bonds is 3. The molecule has 2 unspecified atom stereocenters. The van der Waals surface area contributed by atoms with E-state index in [1.54, 1.807) is 0 Å². The molecule has 0 fully saturated rings. The molecule has 2 aliphatic heterocycles. The van der Waals surface area contributed by atoms with Gasteiger partial charge in [-0.05, 0) is 75.9 Å². The number of nitrogens with one attached hydrogen (secondary N) is 1.